The molecular formula is C18H18F5N5OS. The molecule has 30 heavy (non-hydrogen) atoms. The Morgan fingerprint density at radius 3 is 2.43 bits per heavy atom. The Balaban J connectivity index is 1.51. The van der Waals surface area contributed by atoms with Gasteiger partial charge in [0.05, 0.1) is 17.4 Å². The number of nitrogens with zero attached hydrogens (tertiary/aromatic N) is 3. The minimum atomic E-state index is -9.86. The molecule has 0 radical (unpaired) electrons. The average Bonchev–Trinajstić information content (AvgIpc) is 3.14. The van der Waals surface area contributed by atoms with E-state index in [0.717, 1.165) is 11.1 Å². The number of rotatable bonds is 3. The van der Waals surface area contributed by atoms with Gasteiger partial charge in [-0.05, 0) is 48.6 Å². The number of nitrogens with one attached hydrogen (secondary N) is 1. The predicted octanol–water partition coefficient (Wildman–Crippen LogP) is 5.22. The molecule has 3 heterocycles. The Labute approximate surface area is 168 Å². The normalized spacial score (nSPS) is 18.2. The van der Waals surface area contributed by atoms with Crippen LogP contribution in [-0.4, -0.2) is 38.8 Å². The first-order valence-corrected chi connectivity index (χ1v) is 11.0. The minimum absolute atomic E-state index is 0.132. The average molecular weight is 447 g/mol. The van der Waals surface area contributed by atoms with Crippen LogP contribution in [0.25, 0.3) is 11.2 Å². The lowest BCUT2D eigenvalue weighted by atomic mass is 9.89. The van der Waals surface area contributed by atoms with Gasteiger partial charge in [-0.3, -0.25) is 4.79 Å². The van der Waals surface area contributed by atoms with Crippen molar-refractivity contribution in [2.24, 2.45) is 0 Å². The fraction of sp³-hybridized carbons (Fsp3) is 0.278. The molecule has 12 heteroatoms. The van der Waals surface area contributed by atoms with Gasteiger partial charge < -0.3 is 15.6 Å². The largest absolute Gasteiger partial charge is 0.398 e. The van der Waals surface area contributed by atoms with Crippen molar-refractivity contribution < 1.29 is 24.2 Å². The number of hydrogen-bond acceptors (Lipinski definition) is 4. The van der Waals surface area contributed by atoms with Gasteiger partial charge in [0, 0.05) is 25.0 Å². The van der Waals surface area contributed by atoms with Crippen molar-refractivity contribution in [1.82, 2.24) is 19.9 Å². The number of aromatic nitrogens is 3. The maximum Gasteiger partial charge on any atom is 0.310 e. The third-order valence-electron chi connectivity index (χ3n) is 5.28. The molecule has 4 rings (SSSR count). The zero-order valence-corrected chi connectivity index (χ0v) is 16.3. The fourth-order valence-corrected chi connectivity index (χ4v) is 4.42. The van der Waals surface area contributed by atoms with Crippen molar-refractivity contribution in [3.8, 4) is 0 Å². The second-order valence-electron chi connectivity index (χ2n) is 7.29. The van der Waals surface area contributed by atoms with E-state index in [0.29, 0.717) is 37.6 Å². The van der Waals surface area contributed by atoms with E-state index in [1.165, 1.54) is 4.90 Å². The van der Waals surface area contributed by atoms with Crippen LogP contribution in [0.3, 0.4) is 0 Å². The third-order valence-corrected chi connectivity index (χ3v) is 6.42. The monoisotopic (exact) mass is 447 g/mol. The molecule has 1 aliphatic rings. The molecule has 1 aromatic carbocycles. The van der Waals surface area contributed by atoms with Crippen molar-refractivity contribution in [3.05, 3.63) is 47.9 Å². The summed E-state index contributed by atoms with van der Waals surface area (Å²) in [5, 5.41) is 0. The number of imidazole rings is 1. The van der Waals surface area contributed by atoms with Crippen molar-refractivity contribution in [2.45, 2.75) is 23.7 Å². The number of piperidine rings is 1. The number of hydrogen-bond donors (Lipinski definition) is 2. The molecule has 1 amide bonds. The second kappa shape index (κ2) is 6.06. The number of carbonyl (C=O) groups excluding carboxylic acids is 1. The summed E-state index contributed by atoms with van der Waals surface area (Å²) in [6.07, 6.45) is 4.45. The number of fused-ring (bicyclic) bond motifs is 1. The van der Waals surface area contributed by atoms with E-state index in [1.54, 1.807) is 12.5 Å². The highest BCUT2D eigenvalue weighted by atomic mass is 32.5. The Morgan fingerprint density at radius 1 is 1.10 bits per heavy atom. The maximum atomic E-state index is 12.9. The number of amides is 1. The molecule has 0 atom stereocenters. The van der Waals surface area contributed by atoms with Gasteiger partial charge in [-0.25, -0.2) is 9.97 Å². The minimum Gasteiger partial charge on any atom is -0.398 e. The van der Waals surface area contributed by atoms with E-state index in [1.807, 2.05) is 6.07 Å². The van der Waals surface area contributed by atoms with Gasteiger partial charge >= 0.3 is 10.2 Å². The van der Waals surface area contributed by atoms with E-state index in [2.05, 4.69) is 15.0 Å². The molecule has 2 aromatic heterocycles. The highest BCUT2D eigenvalue weighted by molar-refractivity contribution is 8.45. The van der Waals surface area contributed by atoms with Gasteiger partial charge in [-0.1, -0.05) is 19.4 Å². The molecule has 0 unspecified atom stereocenters. The number of carbonyl (C=O) groups is 1. The van der Waals surface area contributed by atoms with Crippen molar-refractivity contribution >= 4 is 33.0 Å². The molecule has 0 aliphatic carbocycles. The molecule has 1 fully saturated rings. The predicted molar refractivity (Wildman–Crippen MR) is 104 cm³/mol. The lowest BCUT2D eigenvalue weighted by molar-refractivity contribution is 0.0714. The second-order valence-corrected chi connectivity index (χ2v) is 9.70. The number of halogens is 5. The molecule has 0 spiro atoms. The topological polar surface area (TPSA) is 87.9 Å². The van der Waals surface area contributed by atoms with Crippen LogP contribution in [0.15, 0.2) is 41.7 Å². The van der Waals surface area contributed by atoms with Gasteiger partial charge in [-0.15, -0.1) is 0 Å². The number of H-pyrrole nitrogens is 1. The third kappa shape index (κ3) is 3.78. The number of nitrogens with two attached hydrogens (primary N) is 1. The highest BCUT2D eigenvalue weighted by Crippen LogP contribution is 3.02. The van der Waals surface area contributed by atoms with E-state index < -0.39 is 26.7 Å². The number of likely N-dealkylation sites (tertiary alicyclic amines) is 1. The fourth-order valence-electron chi connectivity index (χ4n) is 3.75. The van der Waals surface area contributed by atoms with Crippen LogP contribution in [0, 0.1) is 0 Å². The first-order chi connectivity index (χ1) is 13.8. The molecule has 0 bridgehead atoms. The van der Waals surface area contributed by atoms with Crippen LogP contribution < -0.4 is 5.73 Å². The first-order valence-electron chi connectivity index (χ1n) is 9.04. The van der Waals surface area contributed by atoms with E-state index in [-0.39, 0.29) is 23.6 Å². The quantitative estimate of drug-likeness (QED) is 0.426. The Bertz CT molecular complexity index is 1140. The van der Waals surface area contributed by atoms with Crippen LogP contribution in [0.1, 0.15) is 34.7 Å². The van der Waals surface area contributed by atoms with E-state index in [4.69, 9.17) is 5.73 Å². The lowest BCUT2D eigenvalue weighted by Crippen LogP contribution is -2.38. The molecule has 0 saturated carbocycles. The standard InChI is InChI=1S/C18H18F5N5OS/c19-30(20,21,22,23)12-1-2-14(15(24)9-12)18(29)28-7-4-11(5-8-28)13-3-6-25-17-16(13)26-10-27-17/h1-3,6,9-11H,4-5,7-8,24H2,(H,25,26,27). The molecule has 3 aromatic rings. The van der Waals surface area contributed by atoms with Gasteiger partial charge in [0.25, 0.3) is 5.91 Å². The number of aromatic amines is 1. The summed E-state index contributed by atoms with van der Waals surface area (Å²) >= 11 is 0. The van der Waals surface area contributed by atoms with Crippen molar-refractivity contribution in [3.63, 3.8) is 0 Å². The van der Waals surface area contributed by atoms with Crippen LogP contribution in [0.4, 0.5) is 25.1 Å². The number of benzene rings is 1. The van der Waals surface area contributed by atoms with E-state index >= 15 is 0 Å². The Morgan fingerprint density at radius 2 is 1.80 bits per heavy atom. The molecule has 1 saturated heterocycles. The summed E-state index contributed by atoms with van der Waals surface area (Å²) in [7, 11) is -9.86. The zero-order chi connectivity index (χ0) is 21.8. The van der Waals surface area contributed by atoms with Gasteiger partial charge in [0.2, 0.25) is 0 Å². The smallest absolute Gasteiger partial charge is 0.310 e. The highest BCUT2D eigenvalue weighted by Gasteiger charge is 2.65. The zero-order valence-electron chi connectivity index (χ0n) is 15.5. The molecule has 1 aliphatic heterocycles. The summed E-state index contributed by atoms with van der Waals surface area (Å²) in [5.41, 5.74) is 7.15. The van der Waals surface area contributed by atoms with Crippen LogP contribution in [0.2, 0.25) is 0 Å². The lowest BCUT2D eigenvalue weighted by Gasteiger charge is -2.40. The van der Waals surface area contributed by atoms with Crippen LogP contribution in [0.5, 0.6) is 0 Å². The van der Waals surface area contributed by atoms with E-state index in [9.17, 15) is 24.2 Å². The molecule has 162 valence electrons. The summed E-state index contributed by atoms with van der Waals surface area (Å²) < 4.78 is 64.7. The first kappa shape index (κ1) is 20.4. The molecular weight excluding hydrogens is 429 g/mol. The molecule has 3 N–H and O–H groups in total. The van der Waals surface area contributed by atoms with Crippen LogP contribution >= 0.6 is 10.2 Å². The van der Waals surface area contributed by atoms with Crippen molar-refractivity contribution in [1.29, 1.82) is 0 Å². The number of anilines is 1. The molecule has 6 nitrogen and oxygen atoms in total. The van der Waals surface area contributed by atoms with Gasteiger partial charge in [-0.2, -0.15) is 0 Å². The van der Waals surface area contributed by atoms with Crippen molar-refractivity contribution in [2.75, 3.05) is 18.8 Å². The SMILES string of the molecule is Nc1cc(S(F)(F)(F)(F)F)ccc1C(=O)N1CCC(c2ccnc3nc[nH]c23)CC1. The Hall–Kier alpha value is -2.89. The summed E-state index contributed by atoms with van der Waals surface area (Å²) in [4.78, 5) is 23.4. The summed E-state index contributed by atoms with van der Waals surface area (Å²) in [6, 6.07) is 2.95. The number of pyridine rings is 1. The van der Waals surface area contributed by atoms with Crippen LogP contribution in [-0.2, 0) is 0 Å². The maximum absolute atomic E-state index is 12.9. The van der Waals surface area contributed by atoms with Gasteiger partial charge in [0.1, 0.15) is 4.90 Å². The summed E-state index contributed by atoms with van der Waals surface area (Å²) in [6.45, 7) is 0.703. The Kier molecular flexibility index (Phi) is 4.12. The summed E-state index contributed by atoms with van der Waals surface area (Å²) in [5.74, 6) is -0.436. The number of nitrogen functional groups attached to an aromatic ring is 1. The van der Waals surface area contributed by atoms with Gasteiger partial charge in [0.15, 0.2) is 5.65 Å².